The standard InChI is InChI=1S/C33H35F3O3/c1-20(2)33(35,36)30-12-7-22-15-24(30)14-21(3)27-17-25(19-39-31-6-4-5-13-38-31)29(18-37)32(28(27)16-22)23-8-10-26(34)11-9-23/h7-12,15,17,21,31,37H,1,4-6,13-14,16,18-19H2,2-3H3. The van der Waals surface area contributed by atoms with Crippen molar-refractivity contribution in [3.63, 3.8) is 0 Å². The summed E-state index contributed by atoms with van der Waals surface area (Å²) in [5.41, 5.74) is 6.58. The van der Waals surface area contributed by atoms with E-state index in [4.69, 9.17) is 9.47 Å². The van der Waals surface area contributed by atoms with Gasteiger partial charge in [-0.1, -0.05) is 49.9 Å². The number of aliphatic hydroxyl groups is 1. The number of halogens is 3. The number of alkyl halides is 2. The zero-order valence-electron chi connectivity index (χ0n) is 22.5. The van der Waals surface area contributed by atoms with E-state index in [0.29, 0.717) is 25.0 Å². The van der Waals surface area contributed by atoms with E-state index in [1.807, 2.05) is 13.0 Å². The molecule has 2 atom stereocenters. The maximum atomic E-state index is 15.1. The summed E-state index contributed by atoms with van der Waals surface area (Å²) in [6.07, 6.45) is 3.48. The first kappa shape index (κ1) is 27.6. The predicted molar refractivity (Wildman–Crippen MR) is 146 cm³/mol. The van der Waals surface area contributed by atoms with E-state index < -0.39 is 5.92 Å². The lowest BCUT2D eigenvalue weighted by molar-refractivity contribution is -0.169. The smallest absolute Gasteiger partial charge is 0.294 e. The summed E-state index contributed by atoms with van der Waals surface area (Å²) in [6, 6.07) is 13.5. The highest BCUT2D eigenvalue weighted by Gasteiger charge is 2.36. The Kier molecular flexibility index (Phi) is 7.99. The van der Waals surface area contributed by atoms with Crippen molar-refractivity contribution in [3.05, 3.63) is 105 Å². The van der Waals surface area contributed by atoms with Crippen LogP contribution >= 0.6 is 0 Å². The van der Waals surface area contributed by atoms with E-state index in [2.05, 4.69) is 12.6 Å². The van der Waals surface area contributed by atoms with Gasteiger partial charge in [-0.15, -0.1) is 0 Å². The molecular weight excluding hydrogens is 501 g/mol. The lowest BCUT2D eigenvalue weighted by Gasteiger charge is -2.30. The number of aliphatic hydroxyl groups excluding tert-OH is 1. The van der Waals surface area contributed by atoms with Crippen LogP contribution in [0.2, 0.25) is 0 Å². The minimum atomic E-state index is -3.12. The van der Waals surface area contributed by atoms with E-state index in [9.17, 15) is 9.50 Å². The zero-order valence-corrected chi connectivity index (χ0v) is 22.5. The average molecular weight is 537 g/mol. The third kappa shape index (κ3) is 5.56. The lowest BCUT2D eigenvalue weighted by atomic mass is 9.77. The largest absolute Gasteiger partial charge is 0.392 e. The van der Waals surface area contributed by atoms with Crippen molar-refractivity contribution in [3.8, 4) is 11.1 Å². The number of fused-ring (bicyclic) bond motifs is 3. The van der Waals surface area contributed by atoms with Crippen LogP contribution in [0.5, 0.6) is 0 Å². The summed E-state index contributed by atoms with van der Waals surface area (Å²) in [6.45, 7) is 7.63. The molecule has 1 N–H and O–H groups in total. The number of ether oxygens (including phenoxy) is 2. The summed E-state index contributed by atoms with van der Waals surface area (Å²) >= 11 is 0. The SMILES string of the molecule is C=C(C)C(F)(F)c1ccc2cc1CC(C)c1cc(COC3CCCCO3)c(CO)c(-c3ccc(F)cc3)c1C2. The van der Waals surface area contributed by atoms with Crippen LogP contribution in [-0.2, 0) is 41.5 Å². The molecule has 0 radical (unpaired) electrons. The van der Waals surface area contributed by atoms with Gasteiger partial charge in [0.1, 0.15) is 5.82 Å². The third-order valence-electron chi connectivity index (χ3n) is 8.00. The Morgan fingerprint density at radius 1 is 1.13 bits per heavy atom. The molecule has 206 valence electrons. The van der Waals surface area contributed by atoms with Crippen LogP contribution < -0.4 is 0 Å². The second-order valence-electron chi connectivity index (χ2n) is 10.9. The third-order valence-corrected chi connectivity index (χ3v) is 8.00. The summed E-state index contributed by atoms with van der Waals surface area (Å²) in [5, 5.41) is 10.6. The Morgan fingerprint density at radius 3 is 2.56 bits per heavy atom. The molecule has 3 aromatic carbocycles. The molecule has 5 rings (SSSR count). The summed E-state index contributed by atoms with van der Waals surface area (Å²) in [7, 11) is 0. The highest BCUT2D eigenvalue weighted by Crippen LogP contribution is 2.43. The number of hydrogen-bond donors (Lipinski definition) is 1. The number of rotatable bonds is 7. The van der Waals surface area contributed by atoms with Gasteiger partial charge in [-0.25, -0.2) is 4.39 Å². The first-order valence-electron chi connectivity index (χ1n) is 13.6. The molecule has 0 spiro atoms. The maximum Gasteiger partial charge on any atom is 0.294 e. The van der Waals surface area contributed by atoms with Crippen molar-refractivity contribution in [1.82, 2.24) is 0 Å². The maximum absolute atomic E-state index is 15.1. The molecule has 0 saturated carbocycles. The monoisotopic (exact) mass is 536 g/mol. The van der Waals surface area contributed by atoms with Crippen molar-refractivity contribution in [2.45, 2.75) is 77.3 Å². The van der Waals surface area contributed by atoms with Crippen LogP contribution in [0.3, 0.4) is 0 Å². The van der Waals surface area contributed by atoms with Gasteiger partial charge in [-0.05, 0) is 107 Å². The fourth-order valence-corrected chi connectivity index (χ4v) is 5.88. The van der Waals surface area contributed by atoms with Gasteiger partial charge >= 0.3 is 0 Å². The molecule has 1 saturated heterocycles. The second kappa shape index (κ2) is 11.3. The topological polar surface area (TPSA) is 38.7 Å². The van der Waals surface area contributed by atoms with Gasteiger partial charge in [0.15, 0.2) is 6.29 Å². The van der Waals surface area contributed by atoms with Gasteiger partial charge in [-0.2, -0.15) is 8.78 Å². The van der Waals surface area contributed by atoms with Crippen molar-refractivity contribution < 1.29 is 27.8 Å². The molecule has 2 unspecified atom stereocenters. The van der Waals surface area contributed by atoms with Crippen molar-refractivity contribution in [1.29, 1.82) is 0 Å². The molecule has 1 heterocycles. The van der Waals surface area contributed by atoms with Crippen molar-refractivity contribution in [2.24, 2.45) is 0 Å². The molecule has 1 fully saturated rings. The molecule has 3 nitrogen and oxygen atoms in total. The average Bonchev–Trinajstić information content (AvgIpc) is 2.92. The van der Waals surface area contributed by atoms with Crippen molar-refractivity contribution >= 4 is 0 Å². The molecule has 1 aliphatic heterocycles. The van der Waals surface area contributed by atoms with Crippen LogP contribution in [0.4, 0.5) is 13.2 Å². The highest BCUT2D eigenvalue weighted by atomic mass is 19.3. The van der Waals surface area contributed by atoms with Gasteiger partial charge in [0.25, 0.3) is 5.92 Å². The summed E-state index contributed by atoms with van der Waals surface area (Å²) < 4.78 is 56.0. The van der Waals surface area contributed by atoms with Crippen LogP contribution in [0.1, 0.15) is 78.0 Å². The summed E-state index contributed by atoms with van der Waals surface area (Å²) in [5.74, 6) is -3.55. The summed E-state index contributed by atoms with van der Waals surface area (Å²) in [4.78, 5) is 0. The fraction of sp³-hybridized carbons (Fsp3) is 0.394. The van der Waals surface area contributed by atoms with E-state index in [-0.39, 0.29) is 42.4 Å². The predicted octanol–water partition coefficient (Wildman–Crippen LogP) is 7.95. The van der Waals surface area contributed by atoms with Gasteiger partial charge in [0.2, 0.25) is 0 Å². The van der Waals surface area contributed by atoms with E-state index in [0.717, 1.165) is 58.2 Å². The Hall–Kier alpha value is -2.93. The van der Waals surface area contributed by atoms with E-state index >= 15 is 8.78 Å². The Bertz CT molecular complexity index is 1360. The second-order valence-corrected chi connectivity index (χ2v) is 10.9. The first-order chi connectivity index (χ1) is 18.7. The van der Waals surface area contributed by atoms with Crippen LogP contribution in [0.25, 0.3) is 11.1 Å². The molecule has 39 heavy (non-hydrogen) atoms. The molecule has 0 aromatic heterocycles. The number of hydrogen-bond acceptors (Lipinski definition) is 3. The van der Waals surface area contributed by atoms with Crippen LogP contribution in [0, 0.1) is 5.82 Å². The van der Waals surface area contributed by atoms with Gasteiger partial charge in [0.05, 0.1) is 13.2 Å². The molecule has 2 bridgehead atoms. The Labute approximate surface area is 228 Å². The molecule has 0 amide bonds. The zero-order chi connectivity index (χ0) is 27.7. The van der Waals surface area contributed by atoms with Crippen LogP contribution in [-0.4, -0.2) is 18.0 Å². The molecule has 6 heteroatoms. The highest BCUT2D eigenvalue weighted by molar-refractivity contribution is 5.75. The van der Waals surface area contributed by atoms with E-state index in [1.54, 1.807) is 18.2 Å². The number of benzene rings is 3. The van der Waals surface area contributed by atoms with Crippen LogP contribution in [0.15, 0.2) is 60.7 Å². The van der Waals surface area contributed by atoms with E-state index in [1.165, 1.54) is 25.1 Å². The fourth-order valence-electron chi connectivity index (χ4n) is 5.88. The molecule has 3 aromatic rings. The minimum absolute atomic E-state index is 0.00205. The number of allylic oxidation sites excluding steroid dienone is 1. The Morgan fingerprint density at radius 2 is 1.90 bits per heavy atom. The first-order valence-corrected chi connectivity index (χ1v) is 13.6. The molecule has 2 aliphatic rings. The van der Waals surface area contributed by atoms with Crippen molar-refractivity contribution in [2.75, 3.05) is 6.61 Å². The minimum Gasteiger partial charge on any atom is -0.392 e. The molecule has 1 aliphatic carbocycles. The Balaban J connectivity index is 1.65. The van der Waals surface area contributed by atoms with Gasteiger partial charge in [0, 0.05) is 12.2 Å². The molecular formula is C33H35F3O3. The lowest BCUT2D eigenvalue weighted by Crippen LogP contribution is -2.23. The quantitative estimate of drug-likeness (QED) is 0.312. The normalized spacial score (nSPS) is 19.2. The van der Waals surface area contributed by atoms with Gasteiger partial charge in [-0.3, -0.25) is 0 Å². The van der Waals surface area contributed by atoms with Gasteiger partial charge < -0.3 is 14.6 Å².